The zero-order valence-electron chi connectivity index (χ0n) is 10.5. The van der Waals surface area contributed by atoms with Gasteiger partial charge in [0.25, 0.3) is 0 Å². The van der Waals surface area contributed by atoms with Crippen LogP contribution in [0.5, 0.6) is 0 Å². The molecular weight excluding hydrogens is 376 g/mol. The zero-order valence-corrected chi connectivity index (χ0v) is 13.4. The Morgan fingerprint density at radius 2 is 2.05 bits per heavy atom. The lowest BCUT2D eigenvalue weighted by molar-refractivity contribution is 0.626. The summed E-state index contributed by atoms with van der Waals surface area (Å²) in [6.07, 6.45) is 0.924. The van der Waals surface area contributed by atoms with Crippen molar-refractivity contribution in [3.05, 3.63) is 62.4 Å². The molecule has 0 bridgehead atoms. The molecule has 2 aromatic rings. The van der Waals surface area contributed by atoms with Gasteiger partial charge in [-0.1, -0.05) is 30.7 Å². The standard InChI is InChI=1S/C15H14ClFIN/c1-2-14(10-4-3-5-11(16)8-10)19-15-7-6-12(17)9-13(15)18/h3-9,14,19H,2H2,1H3. The van der Waals surface area contributed by atoms with E-state index in [2.05, 4.69) is 34.8 Å². The molecule has 0 spiro atoms. The van der Waals surface area contributed by atoms with Crippen molar-refractivity contribution >= 4 is 39.9 Å². The van der Waals surface area contributed by atoms with Crippen LogP contribution in [-0.2, 0) is 0 Å². The highest BCUT2D eigenvalue weighted by molar-refractivity contribution is 14.1. The van der Waals surface area contributed by atoms with Crippen molar-refractivity contribution < 1.29 is 4.39 Å². The molecule has 2 aromatic carbocycles. The van der Waals surface area contributed by atoms with Crippen LogP contribution in [-0.4, -0.2) is 0 Å². The minimum atomic E-state index is -0.217. The van der Waals surface area contributed by atoms with Crippen LogP contribution in [0.4, 0.5) is 10.1 Å². The van der Waals surface area contributed by atoms with E-state index in [4.69, 9.17) is 11.6 Å². The first kappa shape index (κ1) is 14.6. The summed E-state index contributed by atoms with van der Waals surface area (Å²) in [6.45, 7) is 2.11. The van der Waals surface area contributed by atoms with E-state index < -0.39 is 0 Å². The first-order valence-electron chi connectivity index (χ1n) is 6.07. The predicted octanol–water partition coefficient (Wildman–Crippen LogP) is 5.65. The van der Waals surface area contributed by atoms with Gasteiger partial charge >= 0.3 is 0 Å². The van der Waals surface area contributed by atoms with Gasteiger partial charge in [-0.3, -0.25) is 0 Å². The third kappa shape index (κ3) is 3.83. The lowest BCUT2D eigenvalue weighted by atomic mass is 10.0. The summed E-state index contributed by atoms with van der Waals surface area (Å²) < 4.78 is 14.0. The number of hydrogen-bond acceptors (Lipinski definition) is 1. The van der Waals surface area contributed by atoms with Crippen molar-refractivity contribution in [2.45, 2.75) is 19.4 Å². The van der Waals surface area contributed by atoms with Crippen LogP contribution in [0.25, 0.3) is 0 Å². The van der Waals surface area contributed by atoms with Crippen molar-refractivity contribution in [3.8, 4) is 0 Å². The van der Waals surface area contributed by atoms with E-state index in [1.54, 1.807) is 6.07 Å². The Labute approximate surface area is 131 Å². The summed E-state index contributed by atoms with van der Waals surface area (Å²) in [5, 5.41) is 4.16. The molecule has 0 saturated carbocycles. The van der Waals surface area contributed by atoms with Crippen LogP contribution in [0.3, 0.4) is 0 Å². The highest BCUT2D eigenvalue weighted by Gasteiger charge is 2.11. The van der Waals surface area contributed by atoms with Crippen molar-refractivity contribution in [3.63, 3.8) is 0 Å². The number of hydrogen-bond donors (Lipinski definition) is 1. The molecule has 0 aliphatic heterocycles. The molecule has 0 aliphatic carbocycles. The molecule has 0 amide bonds. The Morgan fingerprint density at radius 1 is 1.26 bits per heavy atom. The highest BCUT2D eigenvalue weighted by Crippen LogP contribution is 2.27. The Hall–Kier alpha value is -0.810. The number of anilines is 1. The van der Waals surface area contributed by atoms with Crippen LogP contribution >= 0.6 is 34.2 Å². The van der Waals surface area contributed by atoms with E-state index in [-0.39, 0.29) is 11.9 Å². The maximum absolute atomic E-state index is 13.1. The topological polar surface area (TPSA) is 12.0 Å². The number of rotatable bonds is 4. The van der Waals surface area contributed by atoms with E-state index in [0.29, 0.717) is 0 Å². The number of benzene rings is 2. The number of nitrogens with one attached hydrogen (secondary N) is 1. The van der Waals surface area contributed by atoms with Crippen LogP contribution in [0.15, 0.2) is 42.5 Å². The second kappa shape index (κ2) is 6.57. The van der Waals surface area contributed by atoms with Gasteiger partial charge < -0.3 is 5.32 Å². The van der Waals surface area contributed by atoms with Crippen LogP contribution < -0.4 is 5.32 Å². The van der Waals surface area contributed by atoms with E-state index in [9.17, 15) is 4.39 Å². The van der Waals surface area contributed by atoms with Crippen molar-refractivity contribution in [2.24, 2.45) is 0 Å². The van der Waals surface area contributed by atoms with E-state index in [0.717, 1.165) is 26.3 Å². The molecule has 2 rings (SSSR count). The van der Waals surface area contributed by atoms with Crippen LogP contribution in [0, 0.1) is 9.39 Å². The van der Waals surface area contributed by atoms with Crippen LogP contribution in [0.1, 0.15) is 24.9 Å². The molecule has 100 valence electrons. The van der Waals surface area contributed by atoms with Gasteiger partial charge in [-0.25, -0.2) is 4.39 Å². The summed E-state index contributed by atoms with van der Waals surface area (Å²) in [5.74, 6) is -0.217. The van der Waals surface area contributed by atoms with Gasteiger partial charge in [0, 0.05) is 14.3 Å². The predicted molar refractivity (Wildman–Crippen MR) is 87.2 cm³/mol. The molecule has 0 aromatic heterocycles. The molecule has 0 aliphatic rings. The largest absolute Gasteiger partial charge is 0.377 e. The molecular formula is C15H14ClFIN. The Kier molecular flexibility index (Phi) is 5.05. The van der Waals surface area contributed by atoms with Crippen molar-refractivity contribution in [1.29, 1.82) is 0 Å². The average molecular weight is 390 g/mol. The van der Waals surface area contributed by atoms with Crippen molar-refractivity contribution in [1.82, 2.24) is 0 Å². The second-order valence-corrected chi connectivity index (χ2v) is 5.88. The van der Waals surface area contributed by atoms with Gasteiger partial charge in [0.15, 0.2) is 0 Å². The Bertz CT molecular complexity index is 574. The first-order valence-corrected chi connectivity index (χ1v) is 7.53. The quantitative estimate of drug-likeness (QED) is 0.667. The Morgan fingerprint density at radius 3 is 2.68 bits per heavy atom. The molecule has 1 N–H and O–H groups in total. The summed E-state index contributed by atoms with van der Waals surface area (Å²) >= 11 is 8.16. The fourth-order valence-corrected chi connectivity index (χ4v) is 2.77. The highest BCUT2D eigenvalue weighted by atomic mass is 127. The second-order valence-electron chi connectivity index (χ2n) is 4.28. The lowest BCUT2D eigenvalue weighted by Crippen LogP contribution is -2.10. The van der Waals surface area contributed by atoms with Gasteiger partial charge in [0.1, 0.15) is 5.82 Å². The molecule has 1 unspecified atom stereocenters. The minimum absolute atomic E-state index is 0.165. The summed E-state index contributed by atoms with van der Waals surface area (Å²) in [6, 6.07) is 12.7. The SMILES string of the molecule is CCC(Nc1ccc(F)cc1I)c1cccc(Cl)c1. The lowest BCUT2D eigenvalue weighted by Gasteiger charge is -2.20. The minimum Gasteiger partial charge on any atom is -0.377 e. The smallest absolute Gasteiger partial charge is 0.124 e. The average Bonchev–Trinajstić information content (AvgIpc) is 2.38. The molecule has 19 heavy (non-hydrogen) atoms. The fourth-order valence-electron chi connectivity index (χ4n) is 1.94. The molecule has 0 heterocycles. The van der Waals surface area contributed by atoms with E-state index in [1.165, 1.54) is 12.1 Å². The van der Waals surface area contributed by atoms with Gasteiger partial charge in [0.2, 0.25) is 0 Å². The third-order valence-corrected chi connectivity index (χ3v) is 4.05. The zero-order chi connectivity index (χ0) is 13.8. The van der Waals surface area contributed by atoms with E-state index in [1.807, 2.05) is 24.3 Å². The van der Waals surface area contributed by atoms with Gasteiger partial charge in [0.05, 0.1) is 6.04 Å². The summed E-state index contributed by atoms with van der Waals surface area (Å²) in [4.78, 5) is 0. The van der Waals surface area contributed by atoms with Crippen LogP contribution in [0.2, 0.25) is 5.02 Å². The third-order valence-electron chi connectivity index (χ3n) is 2.92. The molecule has 0 fully saturated rings. The van der Waals surface area contributed by atoms with Gasteiger partial charge in [-0.15, -0.1) is 0 Å². The molecule has 1 atom stereocenters. The van der Waals surface area contributed by atoms with E-state index >= 15 is 0 Å². The summed E-state index contributed by atoms with van der Waals surface area (Å²) in [7, 11) is 0. The fraction of sp³-hybridized carbons (Fsp3) is 0.200. The monoisotopic (exact) mass is 389 g/mol. The van der Waals surface area contributed by atoms with Gasteiger partial charge in [-0.05, 0) is 64.9 Å². The number of halogens is 3. The molecule has 1 nitrogen and oxygen atoms in total. The Balaban J connectivity index is 2.24. The molecule has 0 saturated heterocycles. The summed E-state index contributed by atoms with van der Waals surface area (Å²) in [5.41, 5.74) is 2.07. The first-order chi connectivity index (χ1) is 9.10. The molecule has 4 heteroatoms. The maximum Gasteiger partial charge on any atom is 0.124 e. The van der Waals surface area contributed by atoms with Gasteiger partial charge in [-0.2, -0.15) is 0 Å². The van der Waals surface area contributed by atoms with Crippen molar-refractivity contribution in [2.75, 3.05) is 5.32 Å². The normalized spacial score (nSPS) is 12.2. The maximum atomic E-state index is 13.1. The molecule has 0 radical (unpaired) electrons.